The predicted molar refractivity (Wildman–Crippen MR) is 165 cm³/mol. The molecule has 5 heterocycles. The second-order valence-electron chi connectivity index (χ2n) is 11.9. The Labute approximate surface area is 254 Å². The maximum Gasteiger partial charge on any atom is 0.439 e. The van der Waals surface area contributed by atoms with Crippen molar-refractivity contribution in [1.82, 2.24) is 29.7 Å². The number of fused-ring (bicyclic) bond motifs is 1. The monoisotopic (exact) mass is 599 g/mol. The van der Waals surface area contributed by atoms with Crippen LogP contribution in [0.2, 0.25) is 5.02 Å². The zero-order valence-electron chi connectivity index (χ0n) is 24.2. The van der Waals surface area contributed by atoms with Gasteiger partial charge in [0.25, 0.3) is 0 Å². The molecular weight excluding hydrogens is 566 g/mol. The van der Waals surface area contributed by atoms with Crippen LogP contribution in [0.4, 0.5) is 5.95 Å². The lowest BCUT2D eigenvalue weighted by Gasteiger charge is -2.40. The minimum atomic E-state index is -0.645. The molecule has 0 radical (unpaired) electrons. The molecule has 1 aliphatic carbocycles. The number of H-pyrrole nitrogens is 1. The largest absolute Gasteiger partial charge is 0.439 e. The second-order valence-corrected chi connectivity index (χ2v) is 12.4. The molecule has 1 aliphatic heterocycles. The van der Waals surface area contributed by atoms with E-state index in [1.807, 2.05) is 18.2 Å². The summed E-state index contributed by atoms with van der Waals surface area (Å²) in [6, 6.07) is 14.2. The highest BCUT2D eigenvalue weighted by molar-refractivity contribution is 6.30. The van der Waals surface area contributed by atoms with Crippen LogP contribution in [0.3, 0.4) is 0 Å². The van der Waals surface area contributed by atoms with E-state index >= 15 is 0 Å². The average Bonchev–Trinajstić information content (AvgIpc) is 3.61. The van der Waals surface area contributed by atoms with Crippen molar-refractivity contribution in [2.45, 2.75) is 58.2 Å². The highest BCUT2D eigenvalue weighted by atomic mass is 35.5. The predicted octanol–water partition coefficient (Wildman–Crippen LogP) is 6.28. The summed E-state index contributed by atoms with van der Waals surface area (Å²) in [6.45, 7) is 6.51. The van der Waals surface area contributed by atoms with E-state index in [4.69, 9.17) is 30.8 Å². The van der Waals surface area contributed by atoms with E-state index in [1.54, 1.807) is 12.4 Å². The molecular formula is C32H34ClN7O3. The normalized spacial score (nSPS) is 22.7. The fraction of sp³-hybridized carbons (Fsp3) is 0.406. The number of hydrogen-bond acceptors (Lipinski definition) is 8. The van der Waals surface area contributed by atoms with Gasteiger partial charge >= 0.3 is 5.76 Å². The quantitative estimate of drug-likeness (QED) is 0.242. The lowest BCUT2D eigenvalue weighted by atomic mass is 9.83. The van der Waals surface area contributed by atoms with Crippen LogP contribution in [0.5, 0.6) is 0 Å². The molecule has 0 bridgehead atoms. The van der Waals surface area contributed by atoms with Crippen LogP contribution in [-0.4, -0.2) is 48.9 Å². The Balaban J connectivity index is 1.46. The lowest BCUT2D eigenvalue weighted by molar-refractivity contribution is 0.0293. The third kappa shape index (κ3) is 5.57. The molecule has 5 aromatic rings. The Bertz CT molecular complexity index is 1790. The van der Waals surface area contributed by atoms with Crippen molar-refractivity contribution in [3.63, 3.8) is 0 Å². The van der Waals surface area contributed by atoms with Crippen molar-refractivity contribution in [2.75, 3.05) is 18.1 Å². The fourth-order valence-corrected chi connectivity index (χ4v) is 6.66. The number of nitrogens with one attached hydrogen (secondary N) is 1. The number of imidazole rings is 1. The molecule has 2 aliphatic rings. The standard InChI is InChI=1S/C32H34ClN7O3/c1-19-8-10-21(11-9-19)17-40-29-25(36-31(40)39-16-20(2)42-18-27(39)22-6-4-3-5-7-22)13-26(30-37-32(41)43-38-30)35-28(29)23-12-24(33)15-34-14-23/h3-7,12-15,19-21,27H,8-11,16-18H2,1-2H3,(H,37,38,41)/t19-,20-,21-,27-/m0/s1. The Morgan fingerprint density at radius 1 is 1.05 bits per heavy atom. The molecule has 43 heavy (non-hydrogen) atoms. The van der Waals surface area contributed by atoms with Crippen LogP contribution in [0, 0.1) is 11.8 Å². The average molecular weight is 600 g/mol. The fourth-order valence-electron chi connectivity index (χ4n) is 6.49. The number of aromatic nitrogens is 6. The summed E-state index contributed by atoms with van der Waals surface area (Å²) in [5.74, 6) is 1.73. The van der Waals surface area contributed by atoms with E-state index in [0.717, 1.165) is 35.0 Å². The van der Waals surface area contributed by atoms with E-state index in [-0.39, 0.29) is 18.0 Å². The van der Waals surface area contributed by atoms with Crippen LogP contribution >= 0.6 is 11.6 Å². The summed E-state index contributed by atoms with van der Waals surface area (Å²) in [6.07, 6.45) is 8.18. The number of benzene rings is 1. The Morgan fingerprint density at radius 3 is 2.60 bits per heavy atom. The van der Waals surface area contributed by atoms with Crippen LogP contribution in [0.25, 0.3) is 33.8 Å². The van der Waals surface area contributed by atoms with E-state index in [0.29, 0.717) is 35.5 Å². The first-order valence-corrected chi connectivity index (χ1v) is 15.3. The maximum atomic E-state index is 11.9. The number of pyridine rings is 2. The highest BCUT2D eigenvalue weighted by Gasteiger charge is 2.34. The zero-order chi connectivity index (χ0) is 29.5. The smallest absolute Gasteiger partial charge is 0.374 e. The van der Waals surface area contributed by atoms with Gasteiger partial charge in [0.2, 0.25) is 11.8 Å². The molecule has 1 saturated carbocycles. The van der Waals surface area contributed by atoms with E-state index in [9.17, 15) is 4.79 Å². The van der Waals surface area contributed by atoms with Crippen molar-refractivity contribution in [1.29, 1.82) is 0 Å². The molecule has 0 unspecified atom stereocenters. The van der Waals surface area contributed by atoms with Gasteiger partial charge in [0.15, 0.2) is 0 Å². The summed E-state index contributed by atoms with van der Waals surface area (Å²) in [4.78, 5) is 31.6. The topological polar surface area (TPSA) is 115 Å². The number of morpholine rings is 1. The first kappa shape index (κ1) is 27.8. The summed E-state index contributed by atoms with van der Waals surface area (Å²) >= 11 is 6.44. The molecule has 1 N–H and O–H groups in total. The highest BCUT2D eigenvalue weighted by Crippen LogP contribution is 2.39. The van der Waals surface area contributed by atoms with Crippen molar-refractivity contribution in [2.24, 2.45) is 11.8 Å². The molecule has 0 spiro atoms. The van der Waals surface area contributed by atoms with E-state index < -0.39 is 5.76 Å². The molecule has 10 nitrogen and oxygen atoms in total. The van der Waals surface area contributed by atoms with Gasteiger partial charge in [-0.1, -0.05) is 66.9 Å². The van der Waals surface area contributed by atoms with Gasteiger partial charge in [-0.05, 0) is 49.3 Å². The summed E-state index contributed by atoms with van der Waals surface area (Å²) in [5, 5.41) is 4.42. The number of rotatable bonds is 6. The Hall–Kier alpha value is -4.02. The maximum absolute atomic E-state index is 11.9. The number of halogens is 1. The number of ether oxygens (including phenoxy) is 1. The van der Waals surface area contributed by atoms with Gasteiger partial charge in [0.1, 0.15) is 5.69 Å². The molecule has 11 heteroatoms. The molecule has 0 amide bonds. The van der Waals surface area contributed by atoms with E-state index in [2.05, 4.69) is 62.7 Å². The number of hydrogen-bond donors (Lipinski definition) is 1. The Kier molecular flexibility index (Phi) is 7.48. The van der Waals surface area contributed by atoms with Gasteiger partial charge in [0, 0.05) is 31.0 Å². The number of aromatic amines is 1. The minimum absolute atomic E-state index is 0.00467. The molecule has 4 aromatic heterocycles. The summed E-state index contributed by atoms with van der Waals surface area (Å²) in [7, 11) is 0. The molecule has 1 saturated heterocycles. The van der Waals surface area contributed by atoms with Crippen molar-refractivity contribution in [3.8, 4) is 22.8 Å². The Morgan fingerprint density at radius 2 is 1.86 bits per heavy atom. The minimum Gasteiger partial charge on any atom is -0.374 e. The van der Waals surface area contributed by atoms with Gasteiger partial charge in [-0.3, -0.25) is 14.5 Å². The van der Waals surface area contributed by atoms with Crippen molar-refractivity contribution < 1.29 is 9.26 Å². The van der Waals surface area contributed by atoms with Crippen molar-refractivity contribution >= 4 is 28.6 Å². The summed E-state index contributed by atoms with van der Waals surface area (Å²) < 4.78 is 13.4. The third-order valence-corrected chi connectivity index (χ3v) is 8.96. The van der Waals surface area contributed by atoms with Crippen LogP contribution in [0.1, 0.15) is 51.1 Å². The molecule has 1 aromatic carbocycles. The molecule has 2 atom stereocenters. The number of anilines is 1. The molecule has 222 valence electrons. The van der Waals surface area contributed by atoms with Crippen LogP contribution in [-0.2, 0) is 11.3 Å². The van der Waals surface area contributed by atoms with Crippen LogP contribution < -0.4 is 10.7 Å². The summed E-state index contributed by atoms with van der Waals surface area (Å²) in [5.41, 5.74) is 4.70. The second kappa shape index (κ2) is 11.6. The third-order valence-electron chi connectivity index (χ3n) is 8.75. The molecule has 2 fully saturated rings. The first-order valence-electron chi connectivity index (χ1n) is 14.9. The zero-order valence-corrected chi connectivity index (χ0v) is 25.0. The number of nitrogens with zero attached hydrogens (tertiary/aromatic N) is 6. The first-order chi connectivity index (χ1) is 20.9. The lowest BCUT2D eigenvalue weighted by Crippen LogP contribution is -2.45. The van der Waals surface area contributed by atoms with Gasteiger partial charge < -0.3 is 14.2 Å². The SMILES string of the molecule is C[C@H]1CN(c2nc3cc(-c4noc(=O)[nH]4)nc(-c4cncc(Cl)c4)c3n2C[C@H]2CC[C@H](C)CC2)[C@H](c2ccccc2)CO1. The van der Waals surface area contributed by atoms with Gasteiger partial charge in [-0.25, -0.2) is 14.8 Å². The van der Waals surface area contributed by atoms with Crippen LogP contribution in [0.15, 0.2) is 64.2 Å². The van der Waals surface area contributed by atoms with Gasteiger partial charge in [-0.15, -0.1) is 0 Å². The van der Waals surface area contributed by atoms with Gasteiger partial charge in [0.05, 0.1) is 40.5 Å². The van der Waals surface area contributed by atoms with Crippen molar-refractivity contribution in [3.05, 3.63) is 76.0 Å². The van der Waals surface area contributed by atoms with Gasteiger partial charge in [-0.2, -0.15) is 0 Å². The van der Waals surface area contributed by atoms with E-state index in [1.165, 1.54) is 31.2 Å². The molecule has 7 rings (SSSR count).